The lowest BCUT2D eigenvalue weighted by Crippen LogP contribution is -2.32. The molecule has 1 spiro atoms. The third-order valence-electron chi connectivity index (χ3n) is 12.1. The van der Waals surface area contributed by atoms with Gasteiger partial charge in [0.15, 0.2) is 0 Å². The summed E-state index contributed by atoms with van der Waals surface area (Å²) < 4.78 is 6.64. The number of ether oxygens (including phenoxy) is 1. The first-order valence-corrected chi connectivity index (χ1v) is 18.8. The van der Waals surface area contributed by atoms with Gasteiger partial charge in [0.2, 0.25) is 0 Å². The van der Waals surface area contributed by atoms with Gasteiger partial charge in [-0.3, -0.25) is 0 Å². The standard InChI is InChI=1S/C52H37NO/c1-51(2)43-18-8-6-16-39(43)41-30-28-37(32-47(41)51)53(36-26-24-35(25-27-36)34-14-4-3-5-15-34)38-29-31-42-40-17-7-9-19-44(40)52(48(42)33-38)45-20-10-12-22-49(45)54-50-23-13-11-21-46(50)52/h3-33H,1-2H3. The number of anilines is 3. The van der Waals surface area contributed by atoms with Crippen molar-refractivity contribution in [2.75, 3.05) is 4.90 Å². The molecule has 0 atom stereocenters. The van der Waals surface area contributed by atoms with Crippen LogP contribution in [0.3, 0.4) is 0 Å². The van der Waals surface area contributed by atoms with Crippen LogP contribution in [0.4, 0.5) is 17.1 Å². The first kappa shape index (κ1) is 30.9. The minimum atomic E-state index is -0.544. The maximum absolute atomic E-state index is 6.64. The molecule has 0 radical (unpaired) electrons. The van der Waals surface area contributed by atoms with Crippen molar-refractivity contribution in [1.82, 2.24) is 0 Å². The SMILES string of the molecule is CC1(C)c2ccccc2-c2ccc(N(c3ccc(-c4ccccc4)cc3)c3ccc4c(c3)C3(c5ccccc5Oc5ccccc53)c3ccccc3-4)cc21. The fourth-order valence-electron chi connectivity index (χ4n) is 9.69. The molecule has 2 aliphatic carbocycles. The molecule has 0 aromatic heterocycles. The van der Waals surface area contributed by atoms with Gasteiger partial charge in [0.05, 0.1) is 5.41 Å². The van der Waals surface area contributed by atoms with Gasteiger partial charge in [-0.25, -0.2) is 0 Å². The van der Waals surface area contributed by atoms with Gasteiger partial charge in [0.25, 0.3) is 0 Å². The first-order valence-electron chi connectivity index (χ1n) is 18.8. The molecule has 0 bridgehead atoms. The van der Waals surface area contributed by atoms with E-state index in [1.807, 2.05) is 0 Å². The van der Waals surface area contributed by atoms with E-state index < -0.39 is 5.41 Å². The lowest BCUT2D eigenvalue weighted by molar-refractivity contribution is 0.436. The molecule has 0 saturated heterocycles. The van der Waals surface area contributed by atoms with Crippen molar-refractivity contribution in [2.24, 2.45) is 0 Å². The fraction of sp³-hybridized carbons (Fsp3) is 0.0769. The van der Waals surface area contributed by atoms with E-state index >= 15 is 0 Å². The summed E-state index contributed by atoms with van der Waals surface area (Å²) in [5.41, 5.74) is 17.9. The van der Waals surface area contributed by atoms with Crippen molar-refractivity contribution in [3.8, 4) is 44.9 Å². The normalized spacial score (nSPS) is 14.6. The molecule has 2 nitrogen and oxygen atoms in total. The molecule has 0 unspecified atom stereocenters. The van der Waals surface area contributed by atoms with Crippen molar-refractivity contribution in [3.63, 3.8) is 0 Å². The van der Waals surface area contributed by atoms with Gasteiger partial charge >= 0.3 is 0 Å². The van der Waals surface area contributed by atoms with Crippen LogP contribution in [-0.4, -0.2) is 0 Å². The molecule has 1 heterocycles. The zero-order chi connectivity index (χ0) is 36.0. The van der Waals surface area contributed by atoms with E-state index in [0.717, 1.165) is 28.6 Å². The summed E-state index contributed by atoms with van der Waals surface area (Å²) in [6.45, 7) is 4.72. The Morgan fingerprint density at radius 3 is 1.44 bits per heavy atom. The minimum absolute atomic E-state index is 0.121. The summed E-state index contributed by atoms with van der Waals surface area (Å²) in [5, 5.41) is 0. The number of hydrogen-bond donors (Lipinski definition) is 0. The van der Waals surface area contributed by atoms with Crippen LogP contribution in [0, 0.1) is 0 Å². The van der Waals surface area contributed by atoms with Gasteiger partial charge in [0.1, 0.15) is 11.5 Å². The van der Waals surface area contributed by atoms with Gasteiger partial charge < -0.3 is 9.64 Å². The molecule has 0 saturated carbocycles. The quantitative estimate of drug-likeness (QED) is 0.182. The van der Waals surface area contributed by atoms with Crippen LogP contribution >= 0.6 is 0 Å². The predicted molar refractivity (Wildman–Crippen MR) is 222 cm³/mol. The topological polar surface area (TPSA) is 12.5 Å². The van der Waals surface area contributed by atoms with Crippen molar-refractivity contribution >= 4 is 17.1 Å². The third-order valence-corrected chi connectivity index (χ3v) is 12.1. The maximum Gasteiger partial charge on any atom is 0.132 e. The molecule has 11 rings (SSSR count). The highest BCUT2D eigenvalue weighted by Gasteiger charge is 2.51. The van der Waals surface area contributed by atoms with Crippen LogP contribution in [0.15, 0.2) is 188 Å². The zero-order valence-corrected chi connectivity index (χ0v) is 30.3. The molecule has 3 aliphatic rings. The van der Waals surface area contributed by atoms with Crippen molar-refractivity contribution in [1.29, 1.82) is 0 Å². The van der Waals surface area contributed by atoms with Crippen LogP contribution in [0.2, 0.25) is 0 Å². The van der Waals surface area contributed by atoms with E-state index in [1.165, 1.54) is 66.8 Å². The molecule has 54 heavy (non-hydrogen) atoms. The Labute approximate surface area is 316 Å². The van der Waals surface area contributed by atoms with Crippen molar-refractivity contribution < 1.29 is 4.74 Å². The van der Waals surface area contributed by atoms with E-state index in [2.05, 4.69) is 207 Å². The lowest BCUT2D eigenvalue weighted by Gasteiger charge is -2.39. The molecule has 256 valence electrons. The van der Waals surface area contributed by atoms with E-state index in [-0.39, 0.29) is 5.41 Å². The molecule has 0 amide bonds. The summed E-state index contributed by atoms with van der Waals surface area (Å²) in [6, 6.07) is 68.8. The second-order valence-corrected chi connectivity index (χ2v) is 15.3. The van der Waals surface area contributed by atoms with E-state index in [1.54, 1.807) is 0 Å². The second kappa shape index (κ2) is 11.4. The van der Waals surface area contributed by atoms with Gasteiger partial charge in [-0.1, -0.05) is 153 Å². The Morgan fingerprint density at radius 1 is 0.352 bits per heavy atom. The van der Waals surface area contributed by atoms with Gasteiger partial charge in [0, 0.05) is 33.6 Å². The number of para-hydroxylation sites is 2. The first-order chi connectivity index (χ1) is 26.5. The Hall–Kier alpha value is -6.64. The fourth-order valence-corrected chi connectivity index (χ4v) is 9.69. The molecular weight excluding hydrogens is 655 g/mol. The molecule has 8 aromatic rings. The Bertz CT molecular complexity index is 2730. The van der Waals surface area contributed by atoms with Crippen LogP contribution in [-0.2, 0) is 10.8 Å². The summed E-state index contributed by atoms with van der Waals surface area (Å²) in [7, 11) is 0. The van der Waals surface area contributed by atoms with E-state index in [9.17, 15) is 0 Å². The predicted octanol–water partition coefficient (Wildman–Crippen LogP) is 13.6. The van der Waals surface area contributed by atoms with Crippen LogP contribution < -0.4 is 9.64 Å². The monoisotopic (exact) mass is 691 g/mol. The van der Waals surface area contributed by atoms with E-state index in [4.69, 9.17) is 4.74 Å². The maximum atomic E-state index is 6.64. The smallest absolute Gasteiger partial charge is 0.132 e. The molecule has 2 heteroatoms. The van der Waals surface area contributed by atoms with E-state index in [0.29, 0.717) is 0 Å². The summed E-state index contributed by atoms with van der Waals surface area (Å²) in [5.74, 6) is 1.80. The second-order valence-electron chi connectivity index (χ2n) is 15.3. The van der Waals surface area contributed by atoms with Crippen LogP contribution in [0.25, 0.3) is 33.4 Å². The van der Waals surface area contributed by atoms with Crippen molar-refractivity contribution in [2.45, 2.75) is 24.7 Å². The van der Waals surface area contributed by atoms with Crippen LogP contribution in [0.1, 0.15) is 47.2 Å². The lowest BCUT2D eigenvalue weighted by atomic mass is 9.66. The molecule has 0 fully saturated rings. The molecular formula is C52H37NO. The Morgan fingerprint density at radius 2 is 0.796 bits per heavy atom. The Balaban J connectivity index is 1.16. The zero-order valence-electron chi connectivity index (χ0n) is 30.3. The van der Waals surface area contributed by atoms with Gasteiger partial charge in [-0.15, -0.1) is 0 Å². The third kappa shape index (κ3) is 4.22. The highest BCUT2D eigenvalue weighted by atomic mass is 16.5. The molecule has 0 N–H and O–H groups in total. The number of nitrogens with zero attached hydrogens (tertiary/aromatic N) is 1. The average Bonchev–Trinajstić information content (AvgIpc) is 3.64. The number of rotatable bonds is 4. The summed E-state index contributed by atoms with van der Waals surface area (Å²) >= 11 is 0. The number of fused-ring (bicyclic) bond motifs is 12. The number of hydrogen-bond acceptors (Lipinski definition) is 2. The number of benzene rings is 8. The highest BCUT2D eigenvalue weighted by molar-refractivity contribution is 5.92. The van der Waals surface area contributed by atoms with Gasteiger partial charge in [-0.05, 0) is 104 Å². The molecule has 8 aromatic carbocycles. The molecule has 1 aliphatic heterocycles. The van der Waals surface area contributed by atoms with Crippen molar-refractivity contribution in [3.05, 3.63) is 221 Å². The van der Waals surface area contributed by atoms with Gasteiger partial charge in [-0.2, -0.15) is 0 Å². The summed E-state index contributed by atoms with van der Waals surface area (Å²) in [6.07, 6.45) is 0. The average molecular weight is 692 g/mol. The minimum Gasteiger partial charge on any atom is -0.457 e. The summed E-state index contributed by atoms with van der Waals surface area (Å²) in [4.78, 5) is 2.45. The van der Waals surface area contributed by atoms with Crippen LogP contribution in [0.5, 0.6) is 11.5 Å². The Kier molecular flexibility index (Phi) is 6.55. The largest absolute Gasteiger partial charge is 0.457 e. The highest BCUT2D eigenvalue weighted by Crippen LogP contribution is 2.62.